The highest BCUT2D eigenvalue weighted by atomic mass is 16.5. The van der Waals surface area contributed by atoms with Crippen molar-refractivity contribution in [3.63, 3.8) is 0 Å². The van der Waals surface area contributed by atoms with Gasteiger partial charge in [-0.2, -0.15) is 0 Å². The number of ether oxygens (including phenoxy) is 1. The van der Waals surface area contributed by atoms with Crippen molar-refractivity contribution < 1.29 is 4.74 Å². The van der Waals surface area contributed by atoms with E-state index < -0.39 is 0 Å². The van der Waals surface area contributed by atoms with E-state index in [1.807, 2.05) is 0 Å². The van der Waals surface area contributed by atoms with Gasteiger partial charge in [0.2, 0.25) is 0 Å². The smallest absolute Gasteiger partial charge is 0.0689 e. The van der Waals surface area contributed by atoms with Gasteiger partial charge in [0.25, 0.3) is 0 Å². The molecule has 0 aromatic heterocycles. The largest absolute Gasteiger partial charge is 0.377 e. The van der Waals surface area contributed by atoms with Crippen molar-refractivity contribution in [1.29, 1.82) is 0 Å². The summed E-state index contributed by atoms with van der Waals surface area (Å²) >= 11 is 0. The van der Waals surface area contributed by atoms with E-state index in [1.165, 1.54) is 31.3 Å². The molecule has 1 aliphatic carbocycles. The van der Waals surface area contributed by atoms with Gasteiger partial charge in [0, 0.05) is 12.6 Å². The molecule has 0 atom stereocenters. The Morgan fingerprint density at radius 1 is 1.33 bits per heavy atom. The minimum absolute atomic E-state index is 0.754. The normalized spacial score (nSPS) is 32.5. The van der Waals surface area contributed by atoms with Gasteiger partial charge >= 0.3 is 0 Å². The zero-order chi connectivity index (χ0) is 10.5. The Labute approximate surface area is 93.1 Å². The van der Waals surface area contributed by atoms with Crippen LogP contribution in [0.15, 0.2) is 11.6 Å². The molecule has 2 rings (SSSR count). The van der Waals surface area contributed by atoms with Crippen LogP contribution >= 0.6 is 0 Å². The Hall–Kier alpha value is -0.340. The van der Waals surface area contributed by atoms with Crippen LogP contribution < -0.4 is 5.32 Å². The van der Waals surface area contributed by atoms with Gasteiger partial charge in [-0.25, -0.2) is 0 Å². The van der Waals surface area contributed by atoms with Gasteiger partial charge in [-0.1, -0.05) is 13.0 Å². The molecule has 2 heteroatoms. The monoisotopic (exact) mass is 209 g/mol. The highest BCUT2D eigenvalue weighted by Gasteiger charge is 2.17. The predicted octanol–water partition coefficient (Wildman–Crippen LogP) is 2.50. The number of hydrogen-bond donors (Lipinski definition) is 1. The fourth-order valence-corrected chi connectivity index (χ4v) is 2.47. The zero-order valence-electron chi connectivity index (χ0n) is 9.80. The van der Waals surface area contributed by atoms with Gasteiger partial charge < -0.3 is 10.1 Å². The van der Waals surface area contributed by atoms with E-state index in [9.17, 15) is 0 Å². The fourth-order valence-electron chi connectivity index (χ4n) is 2.47. The molecule has 2 nitrogen and oxygen atoms in total. The Morgan fingerprint density at radius 2 is 2.13 bits per heavy atom. The van der Waals surface area contributed by atoms with E-state index in [-0.39, 0.29) is 0 Å². The van der Waals surface area contributed by atoms with E-state index >= 15 is 0 Å². The van der Waals surface area contributed by atoms with Gasteiger partial charge in [-0.3, -0.25) is 0 Å². The molecule has 1 heterocycles. The SMILES string of the molecule is CC1CCC(NCC2=CCCOC2)CC1. The number of nitrogens with one attached hydrogen (secondary N) is 1. The van der Waals surface area contributed by atoms with Crippen molar-refractivity contribution in [3.05, 3.63) is 11.6 Å². The molecule has 15 heavy (non-hydrogen) atoms. The van der Waals surface area contributed by atoms with E-state index in [1.54, 1.807) is 0 Å². The van der Waals surface area contributed by atoms with Gasteiger partial charge in [-0.15, -0.1) is 0 Å². The summed E-state index contributed by atoms with van der Waals surface area (Å²) in [5.41, 5.74) is 1.44. The molecule has 0 amide bonds. The second-order valence-corrected chi connectivity index (χ2v) is 5.04. The lowest BCUT2D eigenvalue weighted by Gasteiger charge is -2.27. The summed E-state index contributed by atoms with van der Waals surface area (Å²) < 4.78 is 5.43. The minimum Gasteiger partial charge on any atom is -0.377 e. The first-order chi connectivity index (χ1) is 7.34. The third-order valence-electron chi connectivity index (χ3n) is 3.62. The molecule has 0 unspecified atom stereocenters. The molecule has 0 bridgehead atoms. The van der Waals surface area contributed by atoms with Crippen LogP contribution in [-0.4, -0.2) is 25.8 Å². The molecule has 86 valence electrons. The van der Waals surface area contributed by atoms with E-state index in [2.05, 4.69) is 18.3 Å². The Morgan fingerprint density at radius 3 is 2.80 bits per heavy atom. The standard InChI is InChI=1S/C13H23NO/c1-11-4-6-13(7-5-11)14-9-12-3-2-8-15-10-12/h3,11,13-14H,2,4-10H2,1H3. The molecule has 1 N–H and O–H groups in total. The quantitative estimate of drug-likeness (QED) is 0.721. The van der Waals surface area contributed by atoms with E-state index in [0.717, 1.165) is 38.1 Å². The van der Waals surface area contributed by atoms with Crippen LogP contribution in [0.4, 0.5) is 0 Å². The maximum atomic E-state index is 5.43. The molecular weight excluding hydrogens is 186 g/mol. The van der Waals surface area contributed by atoms with Crippen molar-refractivity contribution >= 4 is 0 Å². The van der Waals surface area contributed by atoms with Gasteiger partial charge in [0.1, 0.15) is 0 Å². The summed E-state index contributed by atoms with van der Waals surface area (Å²) in [5.74, 6) is 0.945. The van der Waals surface area contributed by atoms with Crippen LogP contribution in [0.3, 0.4) is 0 Å². The molecular formula is C13H23NO. The lowest BCUT2D eigenvalue weighted by Crippen LogP contribution is -2.35. The minimum atomic E-state index is 0.754. The van der Waals surface area contributed by atoms with Crippen molar-refractivity contribution in [1.82, 2.24) is 5.32 Å². The zero-order valence-corrected chi connectivity index (χ0v) is 9.80. The first kappa shape index (κ1) is 11.2. The van der Waals surface area contributed by atoms with E-state index in [0.29, 0.717) is 0 Å². The summed E-state index contributed by atoms with van der Waals surface area (Å²) in [4.78, 5) is 0. The topological polar surface area (TPSA) is 21.3 Å². The molecule has 0 aromatic carbocycles. The number of rotatable bonds is 3. The van der Waals surface area contributed by atoms with Crippen molar-refractivity contribution in [3.8, 4) is 0 Å². The van der Waals surface area contributed by atoms with Gasteiger partial charge in [0.05, 0.1) is 13.2 Å². The maximum absolute atomic E-state index is 5.43. The van der Waals surface area contributed by atoms with Crippen LogP contribution in [0.5, 0.6) is 0 Å². The van der Waals surface area contributed by atoms with Crippen LogP contribution in [-0.2, 0) is 4.74 Å². The summed E-state index contributed by atoms with van der Waals surface area (Å²) in [5, 5.41) is 3.66. The van der Waals surface area contributed by atoms with Crippen LogP contribution in [0.1, 0.15) is 39.0 Å². The van der Waals surface area contributed by atoms with Crippen LogP contribution in [0.2, 0.25) is 0 Å². The number of hydrogen-bond acceptors (Lipinski definition) is 2. The van der Waals surface area contributed by atoms with Gasteiger partial charge in [-0.05, 0) is 43.6 Å². The first-order valence-electron chi connectivity index (χ1n) is 6.33. The molecule has 1 fully saturated rings. The van der Waals surface area contributed by atoms with Crippen LogP contribution in [0.25, 0.3) is 0 Å². The molecule has 0 radical (unpaired) electrons. The van der Waals surface area contributed by atoms with Crippen molar-refractivity contribution in [2.24, 2.45) is 5.92 Å². The third kappa shape index (κ3) is 3.62. The Kier molecular flexibility index (Phi) is 4.21. The van der Waals surface area contributed by atoms with Crippen molar-refractivity contribution in [2.45, 2.75) is 45.1 Å². The average Bonchev–Trinajstić information content (AvgIpc) is 2.30. The Bertz CT molecular complexity index is 217. The molecule has 0 spiro atoms. The molecule has 0 saturated heterocycles. The first-order valence-corrected chi connectivity index (χ1v) is 6.33. The van der Waals surface area contributed by atoms with Crippen LogP contribution in [0, 0.1) is 5.92 Å². The molecule has 1 aliphatic heterocycles. The summed E-state index contributed by atoms with van der Waals surface area (Å²) in [7, 11) is 0. The average molecular weight is 209 g/mol. The molecule has 1 saturated carbocycles. The van der Waals surface area contributed by atoms with Crippen molar-refractivity contribution in [2.75, 3.05) is 19.8 Å². The highest BCUT2D eigenvalue weighted by Crippen LogP contribution is 2.23. The molecule has 2 aliphatic rings. The summed E-state index contributed by atoms with van der Waals surface area (Å²) in [6, 6.07) is 0.754. The maximum Gasteiger partial charge on any atom is 0.0689 e. The lowest BCUT2D eigenvalue weighted by molar-refractivity contribution is 0.148. The second kappa shape index (κ2) is 5.66. The highest BCUT2D eigenvalue weighted by molar-refractivity contribution is 5.07. The summed E-state index contributed by atoms with van der Waals surface area (Å²) in [6.07, 6.45) is 8.94. The van der Waals surface area contributed by atoms with Gasteiger partial charge in [0.15, 0.2) is 0 Å². The molecule has 0 aromatic rings. The van der Waals surface area contributed by atoms with E-state index in [4.69, 9.17) is 4.74 Å². The fraction of sp³-hybridized carbons (Fsp3) is 0.846. The third-order valence-corrected chi connectivity index (χ3v) is 3.62. The Balaban J connectivity index is 1.67. The lowest BCUT2D eigenvalue weighted by atomic mass is 9.87. The second-order valence-electron chi connectivity index (χ2n) is 5.04. The predicted molar refractivity (Wildman–Crippen MR) is 62.9 cm³/mol. The summed E-state index contributed by atoms with van der Waals surface area (Å²) in [6.45, 7) is 5.16.